The van der Waals surface area contributed by atoms with Crippen LogP contribution in [0.2, 0.25) is 0 Å². The molecule has 0 saturated carbocycles. The lowest BCUT2D eigenvalue weighted by Gasteiger charge is -2.33. The SMILES string of the molecule is O=C1c2cc(Br)ccc2CC12CCc1cc(F)ccc1C2. The molecule has 0 bridgehead atoms. The molecular weight excluding hydrogens is 331 g/mol. The summed E-state index contributed by atoms with van der Waals surface area (Å²) in [6, 6.07) is 10.9. The van der Waals surface area contributed by atoms with Crippen LogP contribution in [0.4, 0.5) is 4.39 Å². The highest BCUT2D eigenvalue weighted by atomic mass is 79.9. The second-order valence-corrected chi connectivity index (χ2v) is 7.09. The molecule has 1 unspecified atom stereocenters. The van der Waals surface area contributed by atoms with E-state index in [2.05, 4.69) is 15.9 Å². The van der Waals surface area contributed by atoms with Crippen LogP contribution in [0.15, 0.2) is 40.9 Å². The van der Waals surface area contributed by atoms with E-state index in [-0.39, 0.29) is 17.0 Å². The molecule has 4 rings (SSSR count). The monoisotopic (exact) mass is 344 g/mol. The molecule has 1 spiro atoms. The van der Waals surface area contributed by atoms with Crippen molar-refractivity contribution in [2.45, 2.75) is 25.7 Å². The molecule has 106 valence electrons. The van der Waals surface area contributed by atoms with E-state index in [4.69, 9.17) is 0 Å². The fourth-order valence-corrected chi connectivity index (χ4v) is 4.18. The van der Waals surface area contributed by atoms with Crippen molar-refractivity contribution >= 4 is 21.7 Å². The zero-order chi connectivity index (χ0) is 14.6. The van der Waals surface area contributed by atoms with Gasteiger partial charge in [-0.3, -0.25) is 4.79 Å². The van der Waals surface area contributed by atoms with Gasteiger partial charge in [-0.1, -0.05) is 28.1 Å². The number of hydrogen-bond donors (Lipinski definition) is 0. The first-order valence-electron chi connectivity index (χ1n) is 7.18. The average molecular weight is 345 g/mol. The van der Waals surface area contributed by atoms with Crippen LogP contribution in [0.25, 0.3) is 0 Å². The van der Waals surface area contributed by atoms with Crippen LogP contribution in [0, 0.1) is 11.2 Å². The van der Waals surface area contributed by atoms with Crippen molar-refractivity contribution in [3.05, 3.63) is 68.9 Å². The fourth-order valence-electron chi connectivity index (χ4n) is 3.82. The number of fused-ring (bicyclic) bond motifs is 2. The van der Waals surface area contributed by atoms with E-state index in [0.29, 0.717) is 0 Å². The maximum absolute atomic E-state index is 13.3. The lowest BCUT2D eigenvalue weighted by molar-refractivity contribution is 0.0794. The highest BCUT2D eigenvalue weighted by Crippen LogP contribution is 2.46. The minimum absolute atomic E-state index is 0.185. The van der Waals surface area contributed by atoms with Crippen LogP contribution < -0.4 is 0 Å². The molecule has 0 aliphatic heterocycles. The summed E-state index contributed by atoms with van der Waals surface area (Å²) < 4.78 is 14.3. The Hall–Kier alpha value is -1.48. The molecule has 2 aromatic carbocycles. The molecule has 2 aliphatic carbocycles. The number of hydrogen-bond acceptors (Lipinski definition) is 1. The topological polar surface area (TPSA) is 17.1 Å². The standard InChI is InChI=1S/C18H14BrFO/c19-14-3-1-13-10-18(17(21)16(13)8-14)6-5-11-7-15(20)4-2-12(11)9-18/h1-4,7-8H,5-6,9-10H2. The van der Waals surface area contributed by atoms with Crippen molar-refractivity contribution in [2.24, 2.45) is 5.41 Å². The summed E-state index contributed by atoms with van der Waals surface area (Å²) in [5.74, 6) is 0.0726. The van der Waals surface area contributed by atoms with Crippen molar-refractivity contribution in [3.63, 3.8) is 0 Å². The van der Waals surface area contributed by atoms with E-state index in [1.807, 2.05) is 24.3 Å². The molecule has 3 heteroatoms. The van der Waals surface area contributed by atoms with E-state index in [1.54, 1.807) is 6.07 Å². The Labute approximate surface area is 131 Å². The molecule has 0 saturated heterocycles. The Morgan fingerprint density at radius 3 is 2.62 bits per heavy atom. The van der Waals surface area contributed by atoms with Crippen molar-refractivity contribution in [2.75, 3.05) is 0 Å². The Balaban J connectivity index is 1.75. The number of rotatable bonds is 0. The van der Waals surface area contributed by atoms with Gasteiger partial charge in [0.1, 0.15) is 5.82 Å². The molecule has 0 N–H and O–H groups in total. The zero-order valence-electron chi connectivity index (χ0n) is 11.5. The largest absolute Gasteiger partial charge is 0.294 e. The number of halogens is 2. The van der Waals surface area contributed by atoms with E-state index >= 15 is 0 Å². The van der Waals surface area contributed by atoms with Crippen molar-refractivity contribution in [3.8, 4) is 0 Å². The molecule has 1 nitrogen and oxygen atoms in total. The van der Waals surface area contributed by atoms with Crippen molar-refractivity contribution in [1.82, 2.24) is 0 Å². The molecule has 2 aliphatic rings. The Kier molecular flexibility index (Phi) is 2.83. The van der Waals surface area contributed by atoms with E-state index < -0.39 is 0 Å². The number of benzene rings is 2. The number of carbonyl (C=O) groups excluding carboxylic acids is 1. The van der Waals surface area contributed by atoms with Crippen molar-refractivity contribution < 1.29 is 9.18 Å². The second-order valence-electron chi connectivity index (χ2n) is 6.18. The van der Waals surface area contributed by atoms with Gasteiger partial charge in [-0.15, -0.1) is 0 Å². The third-order valence-electron chi connectivity index (χ3n) is 4.90. The second kappa shape index (κ2) is 4.51. The summed E-state index contributed by atoms with van der Waals surface area (Å²) in [7, 11) is 0. The van der Waals surface area contributed by atoms with Crippen LogP contribution in [0.3, 0.4) is 0 Å². The summed E-state index contributed by atoms with van der Waals surface area (Å²) in [6.45, 7) is 0. The van der Waals surface area contributed by atoms with E-state index in [0.717, 1.165) is 52.4 Å². The maximum atomic E-state index is 13.3. The van der Waals surface area contributed by atoms with Gasteiger partial charge < -0.3 is 0 Å². The molecule has 0 heterocycles. The predicted molar refractivity (Wildman–Crippen MR) is 83.0 cm³/mol. The Bertz CT molecular complexity index is 768. The highest BCUT2D eigenvalue weighted by molar-refractivity contribution is 9.10. The van der Waals surface area contributed by atoms with Gasteiger partial charge >= 0.3 is 0 Å². The maximum Gasteiger partial charge on any atom is 0.169 e. The van der Waals surface area contributed by atoms with E-state index in [1.165, 1.54) is 6.07 Å². The van der Waals surface area contributed by atoms with Gasteiger partial charge in [0.05, 0.1) is 0 Å². The molecule has 1 atom stereocenters. The van der Waals surface area contributed by atoms with Crippen LogP contribution in [-0.2, 0) is 19.3 Å². The minimum Gasteiger partial charge on any atom is -0.294 e. The van der Waals surface area contributed by atoms with Crippen LogP contribution in [0.1, 0.15) is 33.5 Å². The van der Waals surface area contributed by atoms with Crippen LogP contribution in [-0.4, -0.2) is 5.78 Å². The smallest absolute Gasteiger partial charge is 0.169 e. The van der Waals surface area contributed by atoms with Crippen LogP contribution in [0.5, 0.6) is 0 Å². The van der Waals surface area contributed by atoms with E-state index in [9.17, 15) is 9.18 Å². The number of Topliss-reactive ketones (excluding diaryl/α,β-unsaturated/α-hetero) is 1. The van der Waals surface area contributed by atoms with Gasteiger partial charge in [0.15, 0.2) is 5.78 Å². The first-order valence-corrected chi connectivity index (χ1v) is 7.97. The first kappa shape index (κ1) is 13.2. The summed E-state index contributed by atoms with van der Waals surface area (Å²) >= 11 is 3.44. The summed E-state index contributed by atoms with van der Waals surface area (Å²) in [5.41, 5.74) is 3.88. The lowest BCUT2D eigenvalue weighted by atomic mass is 9.69. The van der Waals surface area contributed by atoms with Crippen LogP contribution >= 0.6 is 15.9 Å². The summed E-state index contributed by atoms with van der Waals surface area (Å²) in [6.07, 6.45) is 3.14. The highest BCUT2D eigenvalue weighted by Gasteiger charge is 2.46. The number of ketones is 1. The molecule has 0 radical (unpaired) electrons. The van der Waals surface area contributed by atoms with Gasteiger partial charge in [0, 0.05) is 15.5 Å². The zero-order valence-corrected chi connectivity index (χ0v) is 13.0. The third-order valence-corrected chi connectivity index (χ3v) is 5.39. The molecule has 0 amide bonds. The number of aryl methyl sites for hydroxylation is 1. The van der Waals surface area contributed by atoms with Gasteiger partial charge in [-0.25, -0.2) is 4.39 Å². The Morgan fingerprint density at radius 1 is 1.00 bits per heavy atom. The lowest BCUT2D eigenvalue weighted by Crippen LogP contribution is -2.34. The number of carbonyl (C=O) groups is 1. The minimum atomic E-state index is -0.312. The molecule has 21 heavy (non-hydrogen) atoms. The average Bonchev–Trinajstić information content (AvgIpc) is 2.73. The molecular formula is C18H14BrFO. The van der Waals surface area contributed by atoms with Gasteiger partial charge in [0.2, 0.25) is 0 Å². The van der Waals surface area contributed by atoms with Gasteiger partial charge in [-0.05, 0) is 66.6 Å². The van der Waals surface area contributed by atoms with Gasteiger partial charge in [0.25, 0.3) is 0 Å². The van der Waals surface area contributed by atoms with Crippen molar-refractivity contribution in [1.29, 1.82) is 0 Å². The third kappa shape index (κ3) is 1.98. The molecule has 0 fully saturated rings. The Morgan fingerprint density at radius 2 is 1.76 bits per heavy atom. The normalized spacial score (nSPS) is 23.2. The summed E-state index contributed by atoms with van der Waals surface area (Å²) in [4.78, 5) is 12.9. The fraction of sp³-hybridized carbons (Fsp3) is 0.278. The molecule has 0 aromatic heterocycles. The first-order chi connectivity index (χ1) is 10.1. The molecule has 2 aromatic rings. The predicted octanol–water partition coefficient (Wildman–Crippen LogP) is 4.50. The quantitative estimate of drug-likeness (QED) is 0.687. The summed E-state index contributed by atoms with van der Waals surface area (Å²) in [5, 5.41) is 0. The van der Waals surface area contributed by atoms with Gasteiger partial charge in [-0.2, -0.15) is 0 Å².